The quantitative estimate of drug-likeness (QED) is 0.873. The van der Waals surface area contributed by atoms with Gasteiger partial charge in [0.15, 0.2) is 11.5 Å². The summed E-state index contributed by atoms with van der Waals surface area (Å²) in [6.07, 6.45) is 0. The lowest BCUT2D eigenvalue weighted by molar-refractivity contribution is 0.267. The fourth-order valence-corrected chi connectivity index (χ4v) is 1.88. The van der Waals surface area contributed by atoms with Crippen LogP contribution in [0.4, 0.5) is 0 Å². The summed E-state index contributed by atoms with van der Waals surface area (Å²) < 4.78 is 11.1. The standard InChI is InChI=1S/C10H14BrNO3/c1-14-9-4-6(8(12)5-13)3-7(11)10(9)15-2/h3-4,8,13H,5,12H2,1-2H3. The molecule has 0 amide bonds. The van der Waals surface area contributed by atoms with Crippen molar-refractivity contribution in [2.75, 3.05) is 20.8 Å². The van der Waals surface area contributed by atoms with Crippen LogP contribution in [0, 0.1) is 0 Å². The molecule has 84 valence electrons. The second kappa shape index (κ2) is 5.34. The molecule has 1 unspecified atom stereocenters. The lowest BCUT2D eigenvalue weighted by atomic mass is 10.1. The van der Waals surface area contributed by atoms with Crippen molar-refractivity contribution in [3.05, 3.63) is 22.2 Å². The van der Waals surface area contributed by atoms with Crippen molar-refractivity contribution in [1.29, 1.82) is 0 Å². The normalized spacial score (nSPS) is 12.3. The van der Waals surface area contributed by atoms with Crippen LogP contribution in [0.1, 0.15) is 11.6 Å². The third kappa shape index (κ3) is 2.62. The van der Waals surface area contributed by atoms with Gasteiger partial charge in [-0.1, -0.05) is 0 Å². The zero-order valence-corrected chi connectivity index (χ0v) is 10.2. The van der Waals surface area contributed by atoms with Gasteiger partial charge in [-0.15, -0.1) is 0 Å². The van der Waals surface area contributed by atoms with Gasteiger partial charge in [-0.05, 0) is 33.6 Å². The molecule has 0 saturated carbocycles. The molecule has 0 bridgehead atoms. The molecule has 0 heterocycles. The molecule has 4 nitrogen and oxygen atoms in total. The Morgan fingerprint density at radius 3 is 2.53 bits per heavy atom. The van der Waals surface area contributed by atoms with Crippen LogP contribution in [-0.4, -0.2) is 25.9 Å². The summed E-state index contributed by atoms with van der Waals surface area (Å²) in [6, 6.07) is 3.15. The number of ether oxygens (including phenoxy) is 2. The highest BCUT2D eigenvalue weighted by molar-refractivity contribution is 9.10. The first kappa shape index (κ1) is 12.3. The summed E-state index contributed by atoms with van der Waals surface area (Å²) in [6.45, 7) is -0.109. The summed E-state index contributed by atoms with van der Waals surface area (Å²) >= 11 is 3.35. The Morgan fingerprint density at radius 2 is 2.07 bits per heavy atom. The predicted molar refractivity (Wildman–Crippen MR) is 61.3 cm³/mol. The number of aliphatic hydroxyl groups is 1. The van der Waals surface area contributed by atoms with Crippen LogP contribution < -0.4 is 15.2 Å². The average Bonchev–Trinajstić information content (AvgIpc) is 2.26. The van der Waals surface area contributed by atoms with E-state index in [-0.39, 0.29) is 6.61 Å². The smallest absolute Gasteiger partial charge is 0.174 e. The van der Waals surface area contributed by atoms with Gasteiger partial charge < -0.3 is 20.3 Å². The molecule has 0 aliphatic rings. The van der Waals surface area contributed by atoms with Gasteiger partial charge in [-0.25, -0.2) is 0 Å². The predicted octanol–water partition coefficient (Wildman–Crippen LogP) is 1.46. The third-order valence-electron chi connectivity index (χ3n) is 2.08. The van der Waals surface area contributed by atoms with Crippen molar-refractivity contribution in [1.82, 2.24) is 0 Å². The highest BCUT2D eigenvalue weighted by Gasteiger charge is 2.13. The van der Waals surface area contributed by atoms with Crippen molar-refractivity contribution < 1.29 is 14.6 Å². The zero-order chi connectivity index (χ0) is 11.4. The van der Waals surface area contributed by atoms with Gasteiger partial charge in [0.05, 0.1) is 31.3 Å². The van der Waals surface area contributed by atoms with Gasteiger partial charge in [0, 0.05) is 0 Å². The molecule has 0 saturated heterocycles. The van der Waals surface area contributed by atoms with Gasteiger partial charge in [-0.3, -0.25) is 0 Å². The van der Waals surface area contributed by atoms with Gasteiger partial charge >= 0.3 is 0 Å². The van der Waals surface area contributed by atoms with Gasteiger partial charge in [-0.2, -0.15) is 0 Å². The Morgan fingerprint density at radius 1 is 1.40 bits per heavy atom. The van der Waals surface area contributed by atoms with Gasteiger partial charge in [0.25, 0.3) is 0 Å². The van der Waals surface area contributed by atoms with Crippen molar-refractivity contribution >= 4 is 15.9 Å². The van der Waals surface area contributed by atoms with Crippen molar-refractivity contribution in [3.63, 3.8) is 0 Å². The summed E-state index contributed by atoms with van der Waals surface area (Å²) in [5.74, 6) is 1.21. The van der Waals surface area contributed by atoms with Crippen molar-refractivity contribution in [2.24, 2.45) is 5.73 Å². The van der Waals surface area contributed by atoms with E-state index in [1.54, 1.807) is 20.3 Å². The molecule has 0 spiro atoms. The topological polar surface area (TPSA) is 64.7 Å². The molecular formula is C10H14BrNO3. The number of hydrogen-bond acceptors (Lipinski definition) is 4. The summed E-state index contributed by atoms with van der Waals surface area (Å²) in [5, 5.41) is 8.96. The SMILES string of the molecule is COc1cc(C(N)CO)cc(Br)c1OC. The fourth-order valence-electron chi connectivity index (χ4n) is 1.26. The van der Waals surface area contributed by atoms with E-state index in [1.165, 1.54) is 0 Å². The monoisotopic (exact) mass is 275 g/mol. The molecule has 1 atom stereocenters. The zero-order valence-electron chi connectivity index (χ0n) is 8.66. The molecule has 1 aromatic rings. The highest BCUT2D eigenvalue weighted by atomic mass is 79.9. The van der Waals surface area contributed by atoms with Gasteiger partial charge in [0.1, 0.15) is 0 Å². The molecule has 0 aliphatic heterocycles. The molecule has 0 fully saturated rings. The molecule has 1 aromatic carbocycles. The number of benzene rings is 1. The maximum atomic E-state index is 8.96. The number of aliphatic hydroxyl groups excluding tert-OH is 1. The van der Waals surface area contributed by atoms with Crippen molar-refractivity contribution in [3.8, 4) is 11.5 Å². The molecule has 5 heteroatoms. The van der Waals surface area contributed by atoms with Crippen molar-refractivity contribution in [2.45, 2.75) is 6.04 Å². The van der Waals surface area contributed by atoms with E-state index >= 15 is 0 Å². The first-order chi connectivity index (χ1) is 7.13. The van der Waals surface area contributed by atoms with Crippen LogP contribution in [0.15, 0.2) is 16.6 Å². The van der Waals surface area contributed by atoms with Crippen LogP contribution in [0.2, 0.25) is 0 Å². The Kier molecular flexibility index (Phi) is 4.38. The molecule has 1 rings (SSSR count). The average molecular weight is 276 g/mol. The van der Waals surface area contributed by atoms with Crippen LogP contribution in [0.3, 0.4) is 0 Å². The Bertz CT molecular complexity index is 344. The Hall–Kier alpha value is -0.780. The van der Waals surface area contributed by atoms with E-state index in [2.05, 4.69) is 15.9 Å². The molecule has 3 N–H and O–H groups in total. The number of halogens is 1. The Balaban J connectivity index is 3.19. The van der Waals surface area contributed by atoms with E-state index < -0.39 is 6.04 Å². The largest absolute Gasteiger partial charge is 0.493 e. The summed E-state index contributed by atoms with van der Waals surface area (Å²) in [5.41, 5.74) is 6.50. The van der Waals surface area contributed by atoms with Gasteiger partial charge in [0.2, 0.25) is 0 Å². The number of methoxy groups -OCH3 is 2. The van der Waals surface area contributed by atoms with Crippen LogP contribution in [0.5, 0.6) is 11.5 Å². The number of hydrogen-bond donors (Lipinski definition) is 2. The first-order valence-electron chi connectivity index (χ1n) is 4.41. The summed E-state index contributed by atoms with van der Waals surface area (Å²) in [4.78, 5) is 0. The second-order valence-electron chi connectivity index (χ2n) is 3.03. The number of nitrogens with two attached hydrogens (primary N) is 1. The molecule has 0 aromatic heterocycles. The van der Waals surface area contributed by atoms with E-state index in [9.17, 15) is 0 Å². The highest BCUT2D eigenvalue weighted by Crippen LogP contribution is 2.37. The lowest BCUT2D eigenvalue weighted by Crippen LogP contribution is -2.14. The minimum atomic E-state index is -0.416. The molecule has 0 radical (unpaired) electrons. The van der Waals surface area contributed by atoms with Crippen LogP contribution in [0.25, 0.3) is 0 Å². The number of rotatable bonds is 4. The minimum absolute atomic E-state index is 0.109. The van der Waals surface area contributed by atoms with E-state index in [1.807, 2.05) is 6.07 Å². The minimum Gasteiger partial charge on any atom is -0.493 e. The third-order valence-corrected chi connectivity index (χ3v) is 2.67. The molecular weight excluding hydrogens is 262 g/mol. The lowest BCUT2D eigenvalue weighted by Gasteiger charge is -2.14. The van der Waals surface area contributed by atoms with Crippen LogP contribution >= 0.6 is 15.9 Å². The maximum absolute atomic E-state index is 8.96. The molecule has 15 heavy (non-hydrogen) atoms. The maximum Gasteiger partial charge on any atom is 0.174 e. The Labute approximate surface area is 97.1 Å². The fraction of sp³-hybridized carbons (Fsp3) is 0.400. The second-order valence-corrected chi connectivity index (χ2v) is 3.88. The first-order valence-corrected chi connectivity index (χ1v) is 5.21. The van der Waals surface area contributed by atoms with E-state index in [4.69, 9.17) is 20.3 Å². The summed E-state index contributed by atoms with van der Waals surface area (Å²) in [7, 11) is 3.12. The van der Waals surface area contributed by atoms with E-state index in [0.717, 1.165) is 10.0 Å². The van der Waals surface area contributed by atoms with Crippen LogP contribution in [-0.2, 0) is 0 Å². The molecule has 0 aliphatic carbocycles. The van der Waals surface area contributed by atoms with E-state index in [0.29, 0.717) is 11.5 Å².